The molecule has 0 bridgehead atoms. The number of amides is 3. The van der Waals surface area contributed by atoms with Gasteiger partial charge in [-0.05, 0) is 30.0 Å². The molecule has 0 saturated carbocycles. The Morgan fingerprint density at radius 3 is 2.89 bits per heavy atom. The third kappa shape index (κ3) is 3.47. The Bertz CT molecular complexity index is 781. The number of ether oxygens (including phenoxy) is 1. The zero-order valence-corrected chi connectivity index (χ0v) is 15.1. The number of nitrogens with zero attached hydrogens (tertiary/aromatic N) is 1. The van der Waals surface area contributed by atoms with E-state index < -0.39 is 6.04 Å². The maximum atomic E-state index is 12.8. The molecule has 1 aromatic rings. The average Bonchev–Trinajstić information content (AvgIpc) is 2.98. The third-order valence-corrected chi connectivity index (χ3v) is 5.63. The fourth-order valence-corrected chi connectivity index (χ4v) is 4.07. The van der Waals surface area contributed by atoms with E-state index in [9.17, 15) is 14.4 Å². The second-order valence-electron chi connectivity index (χ2n) is 7.36. The number of nitrogens with two attached hydrogens (primary N) is 1. The van der Waals surface area contributed by atoms with Crippen LogP contribution in [0.25, 0.3) is 0 Å². The second kappa shape index (κ2) is 7.38. The third-order valence-electron chi connectivity index (χ3n) is 5.63. The Morgan fingerprint density at radius 2 is 2.11 bits per heavy atom. The lowest BCUT2D eigenvalue weighted by molar-refractivity contribution is -0.136. The first-order valence-electron chi connectivity index (χ1n) is 9.36. The number of nitrogens with one attached hydrogen (secondary N) is 2. The zero-order chi connectivity index (χ0) is 19.0. The van der Waals surface area contributed by atoms with E-state index in [1.807, 2.05) is 12.1 Å². The summed E-state index contributed by atoms with van der Waals surface area (Å²) in [4.78, 5) is 38.0. The Labute approximate surface area is 157 Å². The van der Waals surface area contributed by atoms with Gasteiger partial charge < -0.3 is 20.7 Å². The molecule has 4 N–H and O–H groups in total. The van der Waals surface area contributed by atoms with Crippen LogP contribution in [0.1, 0.15) is 40.7 Å². The second-order valence-corrected chi connectivity index (χ2v) is 7.36. The first kappa shape index (κ1) is 18.1. The van der Waals surface area contributed by atoms with Crippen LogP contribution in [-0.2, 0) is 27.4 Å². The summed E-state index contributed by atoms with van der Waals surface area (Å²) in [5, 5.41) is 5.81. The van der Waals surface area contributed by atoms with Crippen molar-refractivity contribution >= 4 is 17.7 Å². The smallest absolute Gasteiger partial charge is 0.255 e. The molecular weight excluding hydrogens is 348 g/mol. The Kier molecular flexibility index (Phi) is 4.94. The molecule has 0 spiro atoms. The van der Waals surface area contributed by atoms with E-state index in [0.29, 0.717) is 38.3 Å². The van der Waals surface area contributed by atoms with Crippen LogP contribution in [0.5, 0.6) is 0 Å². The molecule has 3 amide bonds. The molecule has 3 aliphatic heterocycles. The summed E-state index contributed by atoms with van der Waals surface area (Å²) < 4.78 is 5.37. The molecule has 1 unspecified atom stereocenters. The summed E-state index contributed by atoms with van der Waals surface area (Å²) in [5.41, 5.74) is 8.72. The van der Waals surface area contributed by atoms with Crippen LogP contribution >= 0.6 is 0 Å². The Balaban J connectivity index is 1.49. The lowest BCUT2D eigenvalue weighted by Gasteiger charge is -2.30. The van der Waals surface area contributed by atoms with E-state index in [1.54, 1.807) is 11.0 Å². The van der Waals surface area contributed by atoms with Crippen LogP contribution in [0.3, 0.4) is 0 Å². The number of imide groups is 1. The van der Waals surface area contributed by atoms with Crippen molar-refractivity contribution in [2.75, 3.05) is 13.2 Å². The van der Waals surface area contributed by atoms with Gasteiger partial charge in [-0.15, -0.1) is 0 Å². The monoisotopic (exact) mass is 372 g/mol. The highest BCUT2D eigenvalue weighted by atomic mass is 16.5. The number of carbonyl (C=O) groups excluding carboxylic acids is 3. The normalized spacial score (nSPS) is 28.3. The van der Waals surface area contributed by atoms with E-state index in [4.69, 9.17) is 10.5 Å². The van der Waals surface area contributed by atoms with Gasteiger partial charge in [0.05, 0.1) is 6.61 Å². The van der Waals surface area contributed by atoms with Crippen LogP contribution in [0, 0.1) is 0 Å². The molecule has 1 aromatic carbocycles. The highest BCUT2D eigenvalue weighted by molar-refractivity contribution is 6.05. The van der Waals surface area contributed by atoms with Crippen molar-refractivity contribution in [3.63, 3.8) is 0 Å². The van der Waals surface area contributed by atoms with Crippen molar-refractivity contribution in [2.24, 2.45) is 5.73 Å². The van der Waals surface area contributed by atoms with E-state index in [1.165, 1.54) is 0 Å². The van der Waals surface area contributed by atoms with Gasteiger partial charge in [0, 0.05) is 43.8 Å². The number of carbonyl (C=O) groups is 3. The van der Waals surface area contributed by atoms with E-state index in [-0.39, 0.29) is 36.2 Å². The van der Waals surface area contributed by atoms with Crippen molar-refractivity contribution in [2.45, 2.75) is 50.5 Å². The number of hydrogen-bond donors (Lipinski definition) is 3. The average molecular weight is 372 g/mol. The number of benzene rings is 1. The molecule has 0 aliphatic carbocycles. The van der Waals surface area contributed by atoms with Crippen LogP contribution in [-0.4, -0.2) is 54.0 Å². The molecule has 2 saturated heterocycles. The van der Waals surface area contributed by atoms with Crippen molar-refractivity contribution in [3.05, 3.63) is 34.9 Å². The maximum absolute atomic E-state index is 12.8. The predicted molar refractivity (Wildman–Crippen MR) is 96.5 cm³/mol. The number of piperidine rings is 1. The van der Waals surface area contributed by atoms with Crippen molar-refractivity contribution < 1.29 is 19.1 Å². The van der Waals surface area contributed by atoms with Gasteiger partial charge in [-0.25, -0.2) is 0 Å². The summed E-state index contributed by atoms with van der Waals surface area (Å²) >= 11 is 0. The van der Waals surface area contributed by atoms with Gasteiger partial charge in [-0.1, -0.05) is 12.1 Å². The lowest BCUT2D eigenvalue weighted by Crippen LogP contribution is -2.52. The maximum Gasteiger partial charge on any atom is 0.255 e. The Hall–Kier alpha value is -2.29. The minimum Gasteiger partial charge on any atom is -0.380 e. The van der Waals surface area contributed by atoms with Gasteiger partial charge in [0.1, 0.15) is 6.04 Å². The molecule has 2 fully saturated rings. The highest BCUT2D eigenvalue weighted by Gasteiger charge is 2.39. The SMILES string of the molecule is N[C@@H]1COCC[C@@H]1NCc1cccc2c1CN(C1CCC(=O)NC1=O)C2=O. The molecule has 3 atom stereocenters. The fraction of sp³-hybridized carbons (Fsp3) is 0.526. The topological polar surface area (TPSA) is 114 Å². The molecule has 0 aromatic heterocycles. The van der Waals surface area contributed by atoms with Gasteiger partial charge in [0.2, 0.25) is 11.8 Å². The van der Waals surface area contributed by atoms with E-state index in [2.05, 4.69) is 10.6 Å². The first-order valence-corrected chi connectivity index (χ1v) is 9.36. The lowest BCUT2D eigenvalue weighted by atomic mass is 10.0. The van der Waals surface area contributed by atoms with Crippen LogP contribution < -0.4 is 16.4 Å². The molecule has 4 rings (SSSR count). The first-order chi connectivity index (χ1) is 13.0. The summed E-state index contributed by atoms with van der Waals surface area (Å²) in [6.07, 6.45) is 1.49. The number of fused-ring (bicyclic) bond motifs is 1. The molecule has 3 aliphatic rings. The van der Waals surface area contributed by atoms with Crippen molar-refractivity contribution in [3.8, 4) is 0 Å². The summed E-state index contributed by atoms with van der Waals surface area (Å²) in [5.74, 6) is -0.817. The summed E-state index contributed by atoms with van der Waals surface area (Å²) in [7, 11) is 0. The van der Waals surface area contributed by atoms with Crippen LogP contribution in [0.2, 0.25) is 0 Å². The Morgan fingerprint density at radius 1 is 1.26 bits per heavy atom. The quantitative estimate of drug-likeness (QED) is 0.623. The largest absolute Gasteiger partial charge is 0.380 e. The highest BCUT2D eigenvalue weighted by Crippen LogP contribution is 2.30. The molecule has 144 valence electrons. The van der Waals surface area contributed by atoms with E-state index in [0.717, 1.165) is 17.5 Å². The van der Waals surface area contributed by atoms with Gasteiger partial charge in [0.25, 0.3) is 5.91 Å². The van der Waals surface area contributed by atoms with Crippen molar-refractivity contribution in [1.29, 1.82) is 0 Å². The van der Waals surface area contributed by atoms with Gasteiger partial charge in [-0.2, -0.15) is 0 Å². The van der Waals surface area contributed by atoms with Gasteiger partial charge >= 0.3 is 0 Å². The molecule has 8 heteroatoms. The minimum atomic E-state index is -0.590. The molecular formula is C19H24N4O4. The fourth-order valence-electron chi connectivity index (χ4n) is 4.07. The van der Waals surface area contributed by atoms with Gasteiger partial charge in [-0.3, -0.25) is 19.7 Å². The predicted octanol–water partition coefficient (Wildman–Crippen LogP) is -0.347. The zero-order valence-electron chi connectivity index (χ0n) is 15.1. The molecule has 3 heterocycles. The number of rotatable bonds is 4. The molecule has 8 nitrogen and oxygen atoms in total. The summed E-state index contributed by atoms with van der Waals surface area (Å²) in [6, 6.07) is 5.21. The van der Waals surface area contributed by atoms with Crippen LogP contribution in [0.15, 0.2) is 18.2 Å². The van der Waals surface area contributed by atoms with E-state index >= 15 is 0 Å². The molecule has 27 heavy (non-hydrogen) atoms. The van der Waals surface area contributed by atoms with Gasteiger partial charge in [0.15, 0.2) is 0 Å². The standard InChI is InChI=1S/C19H24N4O4/c20-14-10-27-7-6-15(14)21-8-11-2-1-3-12-13(11)9-23(19(12)26)16-4-5-17(24)22-18(16)25/h1-3,14-16,21H,4-10,20H2,(H,22,24,25)/t14-,15+,16?/m1/s1. The van der Waals surface area contributed by atoms with Crippen LogP contribution in [0.4, 0.5) is 0 Å². The molecule has 0 radical (unpaired) electrons. The summed E-state index contributed by atoms with van der Waals surface area (Å²) in [6.45, 7) is 2.24. The van der Waals surface area contributed by atoms with Crippen molar-refractivity contribution in [1.82, 2.24) is 15.5 Å². The minimum absolute atomic E-state index is 0.0443. The number of hydrogen-bond acceptors (Lipinski definition) is 6.